The molecule has 1 fully saturated rings. The first-order valence-electron chi connectivity index (χ1n) is 11.0. The molecule has 6 atom stereocenters. The van der Waals surface area contributed by atoms with Gasteiger partial charge in [-0.05, 0) is 29.8 Å². The fourth-order valence-electron chi connectivity index (χ4n) is 4.03. The lowest BCUT2D eigenvalue weighted by molar-refractivity contribution is -0.205. The lowest BCUT2D eigenvalue weighted by Crippen LogP contribution is -2.57. The van der Waals surface area contributed by atoms with Crippen molar-refractivity contribution in [1.82, 2.24) is 0 Å². The number of aliphatic hydroxyl groups excluding tert-OH is 4. The van der Waals surface area contributed by atoms with Gasteiger partial charge in [0.05, 0.1) is 12.2 Å². The van der Waals surface area contributed by atoms with Gasteiger partial charge in [0.2, 0.25) is 5.91 Å². The van der Waals surface area contributed by atoms with E-state index < -0.39 is 66.8 Å². The van der Waals surface area contributed by atoms with Crippen molar-refractivity contribution in [3.05, 3.63) is 59.7 Å². The van der Waals surface area contributed by atoms with Crippen LogP contribution in [0.25, 0.3) is 0 Å². The van der Waals surface area contributed by atoms with Crippen molar-refractivity contribution in [2.24, 2.45) is 0 Å². The summed E-state index contributed by atoms with van der Waals surface area (Å²) in [4.78, 5) is 38.1. The summed E-state index contributed by atoms with van der Waals surface area (Å²) in [5, 5.41) is 59.9. The first-order valence-corrected chi connectivity index (χ1v) is 11.8. The number of aliphatic hydroxyl groups is 4. The monoisotopic (exact) mass is 521 g/mol. The third-order valence-electron chi connectivity index (χ3n) is 5.82. The van der Waals surface area contributed by atoms with Crippen molar-refractivity contribution in [3.63, 3.8) is 0 Å². The Morgan fingerprint density at radius 3 is 2.19 bits per heavy atom. The standard InChI is InChI=1S/C24H27NO10S/c1-12(27)25(13-6-3-2-4-7-13)16(23(33)34)10-15-14(22(31)32)8-5-9-18(15)36-24-21(30)20(29)19(28)17(11-26)35-24/h2-9,16-17,19-21,24,26,28-30H,10-11H2,1H3,(H,31,32)(H,33,34)/t16-,17+,19+,20-,21-,24-/m0/s1. The second-order valence-electron chi connectivity index (χ2n) is 8.19. The number of hydrogen-bond donors (Lipinski definition) is 6. The highest BCUT2D eigenvalue weighted by molar-refractivity contribution is 7.99. The zero-order valence-electron chi connectivity index (χ0n) is 19.2. The van der Waals surface area contributed by atoms with Gasteiger partial charge < -0.3 is 35.4 Å². The number of amides is 1. The number of aliphatic carboxylic acids is 1. The summed E-state index contributed by atoms with van der Waals surface area (Å²) in [7, 11) is 0. The van der Waals surface area contributed by atoms with Crippen molar-refractivity contribution in [2.75, 3.05) is 11.5 Å². The molecule has 1 aliphatic rings. The van der Waals surface area contributed by atoms with E-state index in [2.05, 4.69) is 0 Å². The number of aromatic carboxylic acids is 1. The molecule has 1 heterocycles. The summed E-state index contributed by atoms with van der Waals surface area (Å²) < 4.78 is 5.52. The number of carboxylic acids is 2. The van der Waals surface area contributed by atoms with Crippen molar-refractivity contribution in [1.29, 1.82) is 0 Å². The number of carboxylic acid groups (broad SMARTS) is 2. The Morgan fingerprint density at radius 1 is 0.972 bits per heavy atom. The summed E-state index contributed by atoms with van der Waals surface area (Å²) in [6.45, 7) is 0.561. The summed E-state index contributed by atoms with van der Waals surface area (Å²) in [6.07, 6.45) is -6.38. The molecule has 2 aromatic carbocycles. The van der Waals surface area contributed by atoms with Gasteiger partial charge in [0.1, 0.15) is 35.9 Å². The summed E-state index contributed by atoms with van der Waals surface area (Å²) in [6, 6.07) is 10.8. The highest BCUT2D eigenvalue weighted by Crippen LogP contribution is 2.37. The van der Waals surface area contributed by atoms with E-state index in [0.717, 1.165) is 16.7 Å². The van der Waals surface area contributed by atoms with Gasteiger partial charge >= 0.3 is 11.9 Å². The van der Waals surface area contributed by atoms with Crippen LogP contribution in [0, 0.1) is 0 Å². The minimum Gasteiger partial charge on any atom is -0.480 e. The Morgan fingerprint density at radius 2 is 1.64 bits per heavy atom. The van der Waals surface area contributed by atoms with Crippen LogP contribution in [0.3, 0.4) is 0 Å². The van der Waals surface area contributed by atoms with E-state index in [1.807, 2.05) is 0 Å². The normalized spacial score (nSPS) is 24.6. The molecule has 1 amide bonds. The Balaban J connectivity index is 2.03. The third-order valence-corrected chi connectivity index (χ3v) is 7.08. The molecule has 0 bridgehead atoms. The maximum absolute atomic E-state index is 12.5. The zero-order chi connectivity index (χ0) is 26.6. The van der Waals surface area contributed by atoms with Gasteiger partial charge in [-0.1, -0.05) is 36.0 Å². The summed E-state index contributed by atoms with van der Waals surface area (Å²) in [5.41, 5.74) is -1.05. The van der Waals surface area contributed by atoms with Crippen LogP contribution in [0.2, 0.25) is 0 Å². The first kappa shape index (κ1) is 27.6. The van der Waals surface area contributed by atoms with Gasteiger partial charge in [0.25, 0.3) is 0 Å². The van der Waals surface area contributed by atoms with Crippen LogP contribution in [0.15, 0.2) is 53.4 Å². The van der Waals surface area contributed by atoms with Gasteiger partial charge in [0.15, 0.2) is 0 Å². The van der Waals surface area contributed by atoms with Crippen LogP contribution in [0.1, 0.15) is 22.8 Å². The number of carbonyl (C=O) groups is 3. The van der Waals surface area contributed by atoms with Crippen LogP contribution < -0.4 is 4.90 Å². The quantitative estimate of drug-likeness (QED) is 0.267. The van der Waals surface area contributed by atoms with Gasteiger partial charge in [-0.2, -0.15) is 0 Å². The SMILES string of the molecule is CC(=O)N(c1ccccc1)[C@@H](Cc1c(S[C@@H]2O[C@H](CO)[C@@H](O)[C@H](O)[C@@H]2O)cccc1C(=O)O)C(=O)O. The number of para-hydroxylation sites is 1. The minimum absolute atomic E-state index is 0.0709. The molecule has 1 aliphatic heterocycles. The number of ether oxygens (including phenoxy) is 1. The Kier molecular flexibility index (Phi) is 9.06. The maximum atomic E-state index is 12.5. The van der Waals surface area contributed by atoms with Gasteiger partial charge in [-0.3, -0.25) is 9.69 Å². The molecule has 2 aromatic rings. The Bertz CT molecular complexity index is 1100. The Hall–Kier alpha value is -3.00. The molecule has 0 spiro atoms. The number of benzene rings is 2. The zero-order valence-corrected chi connectivity index (χ0v) is 20.0. The second kappa shape index (κ2) is 11.8. The predicted octanol–water partition coefficient (Wildman–Crippen LogP) is 0.326. The molecule has 3 rings (SSSR count). The van der Waals surface area contributed by atoms with Crippen molar-refractivity contribution in [3.8, 4) is 0 Å². The van der Waals surface area contributed by atoms with Crippen LogP contribution in [0.5, 0.6) is 0 Å². The molecule has 36 heavy (non-hydrogen) atoms. The van der Waals surface area contributed by atoms with E-state index in [-0.39, 0.29) is 16.0 Å². The number of nitrogens with zero attached hydrogens (tertiary/aromatic N) is 1. The number of rotatable bonds is 9. The van der Waals surface area contributed by atoms with E-state index in [0.29, 0.717) is 5.69 Å². The van der Waals surface area contributed by atoms with Crippen LogP contribution >= 0.6 is 11.8 Å². The minimum atomic E-state index is -1.64. The largest absolute Gasteiger partial charge is 0.480 e. The lowest BCUT2D eigenvalue weighted by atomic mass is 9.98. The molecule has 0 radical (unpaired) electrons. The number of hydrogen-bond acceptors (Lipinski definition) is 9. The fourth-order valence-corrected chi connectivity index (χ4v) is 5.27. The molecule has 0 aliphatic carbocycles. The van der Waals surface area contributed by atoms with E-state index in [9.17, 15) is 45.0 Å². The molecular formula is C24H27NO10S. The van der Waals surface area contributed by atoms with Crippen molar-refractivity contribution >= 4 is 35.3 Å². The fraction of sp³-hybridized carbons (Fsp3) is 0.375. The smallest absolute Gasteiger partial charge is 0.336 e. The average molecular weight is 522 g/mol. The van der Waals surface area contributed by atoms with Crippen LogP contribution in [0.4, 0.5) is 5.69 Å². The molecule has 12 heteroatoms. The van der Waals surface area contributed by atoms with E-state index >= 15 is 0 Å². The second-order valence-corrected chi connectivity index (χ2v) is 9.33. The van der Waals surface area contributed by atoms with E-state index in [1.54, 1.807) is 30.3 Å². The molecule has 11 nitrogen and oxygen atoms in total. The van der Waals surface area contributed by atoms with Gasteiger partial charge in [-0.15, -0.1) is 0 Å². The molecule has 0 aromatic heterocycles. The number of carbonyl (C=O) groups excluding carboxylic acids is 1. The molecule has 0 saturated carbocycles. The van der Waals surface area contributed by atoms with Gasteiger partial charge in [-0.25, -0.2) is 9.59 Å². The third kappa shape index (κ3) is 5.86. The lowest BCUT2D eigenvalue weighted by Gasteiger charge is -2.39. The maximum Gasteiger partial charge on any atom is 0.336 e. The molecule has 1 saturated heterocycles. The highest BCUT2D eigenvalue weighted by Gasteiger charge is 2.44. The molecule has 6 N–H and O–H groups in total. The number of thioether (sulfide) groups is 1. The summed E-state index contributed by atoms with van der Waals surface area (Å²) in [5.74, 6) is -3.26. The highest BCUT2D eigenvalue weighted by atomic mass is 32.2. The van der Waals surface area contributed by atoms with E-state index in [4.69, 9.17) is 4.74 Å². The molecule has 0 unspecified atom stereocenters. The van der Waals surface area contributed by atoms with Crippen LogP contribution in [-0.2, 0) is 20.7 Å². The molecular weight excluding hydrogens is 494 g/mol. The van der Waals surface area contributed by atoms with Crippen molar-refractivity contribution < 1.29 is 49.8 Å². The average Bonchev–Trinajstić information content (AvgIpc) is 2.84. The van der Waals surface area contributed by atoms with Crippen molar-refractivity contribution in [2.45, 2.75) is 54.1 Å². The Labute approximate surface area is 210 Å². The molecule has 194 valence electrons. The van der Waals surface area contributed by atoms with E-state index in [1.165, 1.54) is 25.1 Å². The topological polar surface area (TPSA) is 185 Å². The number of anilines is 1. The first-order chi connectivity index (χ1) is 17.1. The predicted molar refractivity (Wildman–Crippen MR) is 128 cm³/mol. The summed E-state index contributed by atoms with van der Waals surface area (Å²) >= 11 is 0.811. The van der Waals surface area contributed by atoms with Crippen LogP contribution in [-0.4, -0.2) is 91.0 Å². The van der Waals surface area contributed by atoms with Gasteiger partial charge in [0, 0.05) is 23.9 Å².